The van der Waals surface area contributed by atoms with Crippen molar-refractivity contribution in [2.24, 2.45) is 0 Å². The summed E-state index contributed by atoms with van der Waals surface area (Å²) < 4.78 is 28.2. The maximum absolute atomic E-state index is 13.5. The van der Waals surface area contributed by atoms with Crippen molar-refractivity contribution in [1.82, 2.24) is 15.1 Å². The Bertz CT molecular complexity index is 1100. The summed E-state index contributed by atoms with van der Waals surface area (Å²) in [5.41, 5.74) is 1.17. The Morgan fingerprint density at radius 2 is 1.87 bits per heavy atom. The number of likely N-dealkylation sites (N-methyl/N-ethyl adjacent to an activating group) is 1. The highest BCUT2D eigenvalue weighted by atomic mass is 19.1. The van der Waals surface area contributed by atoms with Crippen molar-refractivity contribution in [2.75, 3.05) is 25.0 Å². The van der Waals surface area contributed by atoms with Crippen LogP contribution in [0.1, 0.15) is 5.56 Å². The summed E-state index contributed by atoms with van der Waals surface area (Å²) in [4.78, 5) is 25.0. The lowest BCUT2D eigenvalue weighted by Gasteiger charge is -2.20. The minimum atomic E-state index is -1.09. The largest absolute Gasteiger partial charge is 0.465 e. The van der Waals surface area contributed by atoms with E-state index >= 15 is 0 Å². The van der Waals surface area contributed by atoms with Gasteiger partial charge in [-0.3, -0.25) is 9.69 Å². The standard InChI is InChI=1S/C21H20F2N4O3/c1-24-7-8-26(21(29)30)18-4-2-3-14(9-18)13-27-20(28)6-5-19(25-27)15-10-16(22)12-17(23)11-15/h2-6,9-12,24H,7-8,13H2,1H3,(H,29,30). The van der Waals surface area contributed by atoms with Crippen LogP contribution in [-0.4, -0.2) is 41.1 Å². The van der Waals surface area contributed by atoms with Crippen LogP contribution in [0.15, 0.2) is 59.4 Å². The molecule has 0 fully saturated rings. The number of anilines is 1. The monoisotopic (exact) mass is 414 g/mol. The topological polar surface area (TPSA) is 87.5 Å². The van der Waals surface area contributed by atoms with Gasteiger partial charge in [0.2, 0.25) is 0 Å². The number of hydrogen-bond donors (Lipinski definition) is 2. The van der Waals surface area contributed by atoms with Crippen LogP contribution in [0.2, 0.25) is 0 Å². The van der Waals surface area contributed by atoms with Crippen LogP contribution in [0.25, 0.3) is 11.3 Å². The fourth-order valence-corrected chi connectivity index (χ4v) is 2.97. The van der Waals surface area contributed by atoms with Crippen LogP contribution < -0.4 is 15.8 Å². The smallest absolute Gasteiger partial charge is 0.411 e. The first kappa shape index (κ1) is 21.1. The molecule has 0 bridgehead atoms. The van der Waals surface area contributed by atoms with Gasteiger partial charge < -0.3 is 10.4 Å². The number of rotatable bonds is 7. The molecule has 156 valence electrons. The Hall–Kier alpha value is -3.59. The van der Waals surface area contributed by atoms with Crippen molar-refractivity contribution in [3.63, 3.8) is 0 Å². The lowest BCUT2D eigenvalue weighted by Crippen LogP contribution is -2.35. The number of nitrogens with zero attached hydrogens (tertiary/aromatic N) is 3. The van der Waals surface area contributed by atoms with Crippen molar-refractivity contribution < 1.29 is 18.7 Å². The minimum Gasteiger partial charge on any atom is -0.465 e. The maximum Gasteiger partial charge on any atom is 0.411 e. The molecule has 0 aliphatic rings. The molecule has 1 heterocycles. The summed E-state index contributed by atoms with van der Waals surface area (Å²) in [6, 6.07) is 12.4. The van der Waals surface area contributed by atoms with E-state index in [2.05, 4.69) is 10.4 Å². The maximum atomic E-state index is 13.5. The Morgan fingerprint density at radius 1 is 1.13 bits per heavy atom. The van der Waals surface area contributed by atoms with Gasteiger partial charge in [0.1, 0.15) is 11.6 Å². The van der Waals surface area contributed by atoms with Crippen molar-refractivity contribution in [3.8, 4) is 11.3 Å². The molecule has 1 amide bonds. The van der Waals surface area contributed by atoms with Gasteiger partial charge in [-0.2, -0.15) is 5.10 Å². The molecule has 3 rings (SSSR count). The molecular weight excluding hydrogens is 394 g/mol. The second kappa shape index (κ2) is 9.27. The molecule has 9 heteroatoms. The number of aromatic nitrogens is 2. The van der Waals surface area contributed by atoms with Gasteiger partial charge in [-0.25, -0.2) is 18.3 Å². The molecule has 0 radical (unpaired) electrons. The molecule has 7 nitrogen and oxygen atoms in total. The van der Waals surface area contributed by atoms with Crippen LogP contribution in [0.5, 0.6) is 0 Å². The summed E-state index contributed by atoms with van der Waals surface area (Å²) in [5.74, 6) is -1.49. The van der Waals surface area contributed by atoms with E-state index in [1.54, 1.807) is 31.3 Å². The molecule has 0 unspecified atom stereocenters. The average molecular weight is 414 g/mol. The molecular formula is C21H20F2N4O3. The highest BCUT2D eigenvalue weighted by molar-refractivity contribution is 5.86. The summed E-state index contributed by atoms with van der Waals surface area (Å²) >= 11 is 0. The zero-order valence-electron chi connectivity index (χ0n) is 16.2. The van der Waals surface area contributed by atoms with E-state index in [1.165, 1.54) is 17.0 Å². The molecule has 0 saturated carbocycles. The number of carboxylic acid groups (broad SMARTS) is 1. The van der Waals surface area contributed by atoms with Crippen molar-refractivity contribution in [3.05, 3.63) is 82.1 Å². The number of amides is 1. The zero-order chi connectivity index (χ0) is 21.7. The number of carbonyl (C=O) groups is 1. The quantitative estimate of drug-likeness (QED) is 0.621. The first-order chi connectivity index (χ1) is 14.4. The molecule has 2 aromatic carbocycles. The molecule has 0 atom stereocenters. The van der Waals surface area contributed by atoms with Crippen molar-refractivity contribution in [2.45, 2.75) is 6.54 Å². The first-order valence-corrected chi connectivity index (χ1v) is 9.16. The molecule has 0 saturated heterocycles. The number of benzene rings is 2. The second-order valence-corrected chi connectivity index (χ2v) is 6.58. The molecule has 0 spiro atoms. The van der Waals surface area contributed by atoms with Gasteiger partial charge in [-0.1, -0.05) is 12.1 Å². The SMILES string of the molecule is CNCCN(C(=O)O)c1cccc(Cn2nc(-c3cc(F)cc(F)c3)ccc2=O)c1. The third kappa shape index (κ3) is 5.06. The predicted octanol–water partition coefficient (Wildman–Crippen LogP) is 2.94. The third-order valence-electron chi connectivity index (χ3n) is 4.40. The van der Waals surface area contributed by atoms with Gasteiger partial charge in [-0.15, -0.1) is 0 Å². The van der Waals surface area contributed by atoms with Crippen LogP contribution in [0.3, 0.4) is 0 Å². The Kier molecular flexibility index (Phi) is 6.53. The molecule has 3 aromatic rings. The molecule has 2 N–H and O–H groups in total. The van der Waals surface area contributed by atoms with Gasteiger partial charge in [0.05, 0.1) is 12.2 Å². The van der Waals surface area contributed by atoms with Crippen LogP contribution in [0, 0.1) is 11.6 Å². The molecule has 0 aliphatic heterocycles. The number of nitrogens with one attached hydrogen (secondary N) is 1. The van der Waals surface area contributed by atoms with Crippen molar-refractivity contribution >= 4 is 11.8 Å². The van der Waals surface area contributed by atoms with E-state index in [-0.39, 0.29) is 24.3 Å². The highest BCUT2D eigenvalue weighted by Crippen LogP contribution is 2.20. The predicted molar refractivity (Wildman–Crippen MR) is 109 cm³/mol. The lowest BCUT2D eigenvalue weighted by molar-refractivity contribution is 0.202. The number of halogens is 2. The van der Waals surface area contributed by atoms with E-state index in [0.29, 0.717) is 17.8 Å². The third-order valence-corrected chi connectivity index (χ3v) is 4.40. The lowest BCUT2D eigenvalue weighted by atomic mass is 10.1. The summed E-state index contributed by atoms with van der Waals surface area (Å²) in [6.45, 7) is 0.801. The minimum absolute atomic E-state index is 0.0673. The Labute approximate surface area is 171 Å². The van der Waals surface area contributed by atoms with E-state index in [4.69, 9.17) is 0 Å². The molecule has 1 aromatic heterocycles. The molecule has 30 heavy (non-hydrogen) atoms. The average Bonchev–Trinajstić information content (AvgIpc) is 2.69. The van der Waals surface area contributed by atoms with Gasteiger partial charge in [0.25, 0.3) is 5.56 Å². The fraction of sp³-hybridized carbons (Fsp3) is 0.190. The van der Waals surface area contributed by atoms with Crippen LogP contribution in [-0.2, 0) is 6.54 Å². The van der Waals surface area contributed by atoms with Crippen LogP contribution >= 0.6 is 0 Å². The van der Waals surface area contributed by atoms with E-state index in [9.17, 15) is 23.5 Å². The van der Waals surface area contributed by atoms with E-state index in [1.807, 2.05) is 0 Å². The number of hydrogen-bond acceptors (Lipinski definition) is 4. The van der Waals surface area contributed by atoms with Gasteiger partial charge in [0.15, 0.2) is 0 Å². The van der Waals surface area contributed by atoms with Gasteiger partial charge in [-0.05, 0) is 42.9 Å². The second-order valence-electron chi connectivity index (χ2n) is 6.58. The highest BCUT2D eigenvalue weighted by Gasteiger charge is 2.14. The normalized spacial score (nSPS) is 10.8. The molecule has 0 aliphatic carbocycles. The Balaban J connectivity index is 1.91. The fourth-order valence-electron chi connectivity index (χ4n) is 2.97. The van der Waals surface area contributed by atoms with E-state index < -0.39 is 23.3 Å². The van der Waals surface area contributed by atoms with Crippen molar-refractivity contribution in [1.29, 1.82) is 0 Å². The van der Waals surface area contributed by atoms with Gasteiger partial charge in [0, 0.05) is 36.5 Å². The first-order valence-electron chi connectivity index (χ1n) is 9.16. The summed E-state index contributed by atoms with van der Waals surface area (Å²) in [5, 5.41) is 16.6. The summed E-state index contributed by atoms with van der Waals surface area (Å²) in [6.07, 6.45) is -1.09. The zero-order valence-corrected chi connectivity index (χ0v) is 16.2. The summed E-state index contributed by atoms with van der Waals surface area (Å²) in [7, 11) is 1.73. The van der Waals surface area contributed by atoms with Crippen LogP contribution in [0.4, 0.5) is 19.3 Å². The van der Waals surface area contributed by atoms with Gasteiger partial charge >= 0.3 is 6.09 Å². The Morgan fingerprint density at radius 3 is 2.53 bits per heavy atom. The van der Waals surface area contributed by atoms with E-state index in [0.717, 1.165) is 22.9 Å².